The second-order valence-corrected chi connectivity index (χ2v) is 4.98. The SMILES string of the molecule is CN(c1ccc(Br)cc1)C1CCNCC1. The maximum Gasteiger partial charge on any atom is 0.0366 e. The third-order valence-electron chi connectivity index (χ3n) is 3.09. The van der Waals surface area contributed by atoms with E-state index in [0.29, 0.717) is 6.04 Å². The molecule has 1 aliphatic heterocycles. The molecular weight excluding hydrogens is 252 g/mol. The van der Waals surface area contributed by atoms with Crippen molar-refractivity contribution in [1.82, 2.24) is 5.32 Å². The van der Waals surface area contributed by atoms with E-state index in [0.717, 1.165) is 17.6 Å². The first-order valence-corrected chi connectivity index (χ1v) is 6.26. The van der Waals surface area contributed by atoms with E-state index in [4.69, 9.17) is 0 Å². The Morgan fingerprint density at radius 3 is 2.40 bits per heavy atom. The molecule has 0 bridgehead atoms. The van der Waals surface area contributed by atoms with Gasteiger partial charge >= 0.3 is 0 Å². The summed E-state index contributed by atoms with van der Waals surface area (Å²) in [6.07, 6.45) is 2.49. The monoisotopic (exact) mass is 268 g/mol. The van der Waals surface area contributed by atoms with Crippen LogP contribution in [0.25, 0.3) is 0 Å². The molecule has 1 N–H and O–H groups in total. The van der Waals surface area contributed by atoms with Crippen molar-refractivity contribution in [3.63, 3.8) is 0 Å². The molecular formula is C12H17BrN2. The smallest absolute Gasteiger partial charge is 0.0366 e. The normalized spacial score (nSPS) is 17.7. The van der Waals surface area contributed by atoms with E-state index in [1.807, 2.05) is 0 Å². The first-order valence-electron chi connectivity index (χ1n) is 5.46. The summed E-state index contributed by atoms with van der Waals surface area (Å²) in [4.78, 5) is 2.40. The van der Waals surface area contributed by atoms with Gasteiger partial charge in [-0.3, -0.25) is 0 Å². The standard InChI is InChI=1S/C12H17BrN2/c1-15(12-6-8-14-9-7-12)11-4-2-10(13)3-5-11/h2-5,12,14H,6-9H2,1H3. The zero-order chi connectivity index (χ0) is 10.7. The van der Waals surface area contributed by atoms with Crippen molar-refractivity contribution in [3.05, 3.63) is 28.7 Å². The molecule has 0 spiro atoms. The summed E-state index contributed by atoms with van der Waals surface area (Å²) >= 11 is 3.46. The Kier molecular flexibility index (Phi) is 3.65. The van der Waals surface area contributed by atoms with E-state index in [1.165, 1.54) is 18.5 Å². The van der Waals surface area contributed by atoms with Gasteiger partial charge in [-0.15, -0.1) is 0 Å². The molecule has 0 unspecified atom stereocenters. The Morgan fingerprint density at radius 1 is 1.20 bits per heavy atom. The van der Waals surface area contributed by atoms with Crippen LogP contribution in [-0.4, -0.2) is 26.2 Å². The molecule has 1 saturated heterocycles. The largest absolute Gasteiger partial charge is 0.372 e. The molecule has 2 rings (SSSR count). The first kappa shape index (κ1) is 11.0. The van der Waals surface area contributed by atoms with Crippen LogP contribution in [0.5, 0.6) is 0 Å². The molecule has 1 aromatic rings. The van der Waals surface area contributed by atoms with E-state index < -0.39 is 0 Å². The van der Waals surface area contributed by atoms with Crippen LogP contribution in [0.15, 0.2) is 28.7 Å². The highest BCUT2D eigenvalue weighted by molar-refractivity contribution is 9.10. The molecule has 15 heavy (non-hydrogen) atoms. The van der Waals surface area contributed by atoms with Crippen molar-refractivity contribution in [3.8, 4) is 0 Å². The zero-order valence-electron chi connectivity index (χ0n) is 9.04. The average Bonchev–Trinajstić information content (AvgIpc) is 2.30. The summed E-state index contributed by atoms with van der Waals surface area (Å²) in [5, 5.41) is 3.40. The number of halogens is 1. The number of hydrogen-bond donors (Lipinski definition) is 1. The lowest BCUT2D eigenvalue weighted by Gasteiger charge is -2.33. The van der Waals surface area contributed by atoms with Gasteiger partial charge in [0.15, 0.2) is 0 Å². The van der Waals surface area contributed by atoms with Crippen molar-refractivity contribution < 1.29 is 0 Å². The Labute approximate surface area is 99.8 Å². The maximum absolute atomic E-state index is 3.46. The lowest BCUT2D eigenvalue weighted by atomic mass is 10.0. The van der Waals surface area contributed by atoms with Crippen LogP contribution in [0.2, 0.25) is 0 Å². The highest BCUT2D eigenvalue weighted by Gasteiger charge is 2.17. The van der Waals surface area contributed by atoms with E-state index >= 15 is 0 Å². The Hall–Kier alpha value is -0.540. The molecule has 0 amide bonds. The Bertz CT molecular complexity index is 304. The van der Waals surface area contributed by atoms with Gasteiger partial charge in [0.1, 0.15) is 0 Å². The minimum atomic E-state index is 0.687. The second kappa shape index (κ2) is 4.99. The van der Waals surface area contributed by atoms with Gasteiger partial charge in [-0.2, -0.15) is 0 Å². The van der Waals surface area contributed by atoms with Crippen LogP contribution in [0.1, 0.15) is 12.8 Å². The fourth-order valence-electron chi connectivity index (χ4n) is 2.08. The fourth-order valence-corrected chi connectivity index (χ4v) is 2.35. The van der Waals surface area contributed by atoms with Gasteiger partial charge in [0.2, 0.25) is 0 Å². The van der Waals surface area contributed by atoms with Crippen molar-refractivity contribution in [2.45, 2.75) is 18.9 Å². The average molecular weight is 269 g/mol. The summed E-state index contributed by atoms with van der Waals surface area (Å²) in [7, 11) is 2.19. The topological polar surface area (TPSA) is 15.3 Å². The number of anilines is 1. The van der Waals surface area contributed by atoms with E-state index in [2.05, 4.69) is 57.5 Å². The summed E-state index contributed by atoms with van der Waals surface area (Å²) in [5.74, 6) is 0. The number of rotatable bonds is 2. The van der Waals surface area contributed by atoms with Crippen LogP contribution < -0.4 is 10.2 Å². The molecule has 1 heterocycles. The van der Waals surface area contributed by atoms with Crippen molar-refractivity contribution in [1.29, 1.82) is 0 Å². The zero-order valence-corrected chi connectivity index (χ0v) is 10.6. The Morgan fingerprint density at radius 2 is 1.80 bits per heavy atom. The lowest BCUT2D eigenvalue weighted by molar-refractivity contribution is 0.443. The molecule has 0 atom stereocenters. The third-order valence-corrected chi connectivity index (χ3v) is 3.62. The summed E-state index contributed by atoms with van der Waals surface area (Å²) in [6.45, 7) is 2.29. The highest BCUT2D eigenvalue weighted by Crippen LogP contribution is 2.21. The predicted octanol–water partition coefficient (Wildman–Crippen LogP) is 2.64. The molecule has 3 heteroatoms. The summed E-state index contributed by atoms with van der Waals surface area (Å²) < 4.78 is 1.14. The van der Waals surface area contributed by atoms with Crippen LogP contribution in [0.4, 0.5) is 5.69 Å². The van der Waals surface area contributed by atoms with Gasteiger partial charge < -0.3 is 10.2 Å². The van der Waals surface area contributed by atoms with E-state index in [9.17, 15) is 0 Å². The van der Waals surface area contributed by atoms with Crippen LogP contribution >= 0.6 is 15.9 Å². The molecule has 0 aliphatic carbocycles. The molecule has 0 saturated carbocycles. The fraction of sp³-hybridized carbons (Fsp3) is 0.500. The lowest BCUT2D eigenvalue weighted by Crippen LogP contribution is -2.41. The van der Waals surface area contributed by atoms with Gasteiger partial charge in [-0.1, -0.05) is 15.9 Å². The number of hydrogen-bond acceptors (Lipinski definition) is 2. The molecule has 1 aliphatic rings. The van der Waals surface area contributed by atoms with Crippen LogP contribution in [0, 0.1) is 0 Å². The summed E-state index contributed by atoms with van der Waals surface area (Å²) in [6, 6.07) is 9.24. The van der Waals surface area contributed by atoms with Gasteiger partial charge in [0, 0.05) is 23.2 Å². The minimum absolute atomic E-state index is 0.687. The molecule has 1 fully saturated rings. The first-order chi connectivity index (χ1) is 7.27. The minimum Gasteiger partial charge on any atom is -0.372 e. The summed E-state index contributed by atoms with van der Waals surface area (Å²) in [5.41, 5.74) is 1.31. The van der Waals surface area contributed by atoms with Gasteiger partial charge in [-0.25, -0.2) is 0 Å². The quantitative estimate of drug-likeness (QED) is 0.888. The third kappa shape index (κ3) is 2.73. The van der Waals surface area contributed by atoms with Gasteiger partial charge in [0.05, 0.1) is 0 Å². The number of nitrogens with one attached hydrogen (secondary N) is 1. The predicted molar refractivity (Wildman–Crippen MR) is 68.4 cm³/mol. The van der Waals surface area contributed by atoms with E-state index in [1.54, 1.807) is 0 Å². The number of benzene rings is 1. The number of piperidine rings is 1. The molecule has 0 radical (unpaired) electrons. The Balaban J connectivity index is 2.05. The van der Waals surface area contributed by atoms with Gasteiger partial charge in [0.25, 0.3) is 0 Å². The highest BCUT2D eigenvalue weighted by atomic mass is 79.9. The van der Waals surface area contributed by atoms with Gasteiger partial charge in [-0.05, 0) is 50.2 Å². The maximum atomic E-state index is 3.46. The van der Waals surface area contributed by atoms with Crippen LogP contribution in [0.3, 0.4) is 0 Å². The molecule has 1 aromatic carbocycles. The molecule has 82 valence electrons. The van der Waals surface area contributed by atoms with Crippen molar-refractivity contribution in [2.24, 2.45) is 0 Å². The molecule has 2 nitrogen and oxygen atoms in total. The second-order valence-electron chi connectivity index (χ2n) is 4.07. The van der Waals surface area contributed by atoms with Crippen molar-refractivity contribution >= 4 is 21.6 Å². The number of nitrogens with zero attached hydrogens (tertiary/aromatic N) is 1. The van der Waals surface area contributed by atoms with Crippen LogP contribution in [-0.2, 0) is 0 Å². The van der Waals surface area contributed by atoms with E-state index in [-0.39, 0.29) is 0 Å². The molecule has 0 aromatic heterocycles. The van der Waals surface area contributed by atoms with Crippen molar-refractivity contribution in [2.75, 3.05) is 25.0 Å².